The Labute approximate surface area is 353 Å². The number of nitrogens with zero attached hydrogens (tertiary/aromatic N) is 10. The van der Waals surface area contributed by atoms with Crippen molar-refractivity contribution in [3.05, 3.63) is 77.7 Å². The van der Waals surface area contributed by atoms with Crippen molar-refractivity contribution < 1.29 is 18.9 Å². The highest BCUT2D eigenvalue weighted by Gasteiger charge is 2.28. The van der Waals surface area contributed by atoms with Gasteiger partial charge in [-0.25, -0.2) is 14.8 Å². The number of hydrogen-bond acceptors (Lipinski definition) is 15. The molecule has 3 saturated heterocycles. The van der Waals surface area contributed by atoms with Crippen LogP contribution < -0.4 is 30.7 Å². The lowest BCUT2D eigenvalue weighted by Gasteiger charge is -2.39. The number of anilines is 5. The van der Waals surface area contributed by atoms with Crippen LogP contribution in [0.15, 0.2) is 59.4 Å². The number of amides is 4. The van der Waals surface area contributed by atoms with Crippen LogP contribution in [0, 0.1) is 12.8 Å². The molecule has 314 valence electrons. The van der Waals surface area contributed by atoms with Gasteiger partial charge in [0.15, 0.2) is 5.82 Å². The van der Waals surface area contributed by atoms with E-state index < -0.39 is 5.91 Å². The third-order valence-electron chi connectivity index (χ3n) is 11.3. The normalized spacial score (nSPS) is 17.4. The van der Waals surface area contributed by atoms with Crippen LogP contribution >= 0.6 is 11.3 Å². The van der Waals surface area contributed by atoms with E-state index in [9.17, 15) is 14.4 Å². The van der Waals surface area contributed by atoms with Crippen molar-refractivity contribution in [2.24, 2.45) is 5.92 Å². The average molecular weight is 834 g/mol. The van der Waals surface area contributed by atoms with Gasteiger partial charge in [-0.05, 0) is 74.1 Å². The summed E-state index contributed by atoms with van der Waals surface area (Å²) in [5, 5.41) is 23.1. The number of nitrogens with one attached hydrogen (secondary N) is 3. The van der Waals surface area contributed by atoms with E-state index in [0.29, 0.717) is 35.7 Å². The van der Waals surface area contributed by atoms with Gasteiger partial charge in [0.2, 0.25) is 16.2 Å². The van der Waals surface area contributed by atoms with E-state index >= 15 is 0 Å². The van der Waals surface area contributed by atoms with Crippen molar-refractivity contribution in [2.75, 3.05) is 72.4 Å². The van der Waals surface area contributed by atoms with Gasteiger partial charge in [0.05, 0.1) is 11.7 Å². The maximum Gasteiger partial charge on any atom is 0.328 e. The van der Waals surface area contributed by atoms with Crippen LogP contribution in [0.4, 0.5) is 32.3 Å². The zero-order valence-corrected chi connectivity index (χ0v) is 35.5. The molecular weight excluding hydrogens is 783 g/mol. The van der Waals surface area contributed by atoms with Gasteiger partial charge in [-0.3, -0.25) is 24.7 Å². The fourth-order valence-electron chi connectivity index (χ4n) is 7.88. The van der Waals surface area contributed by atoms with E-state index in [1.54, 1.807) is 4.90 Å². The van der Waals surface area contributed by atoms with E-state index in [1.807, 2.05) is 71.0 Å². The fourth-order valence-corrected chi connectivity index (χ4v) is 8.68. The van der Waals surface area contributed by atoms with E-state index in [0.717, 1.165) is 91.9 Å². The lowest BCUT2D eigenvalue weighted by Crippen LogP contribution is -2.49. The predicted octanol–water partition coefficient (Wildman–Crippen LogP) is 5.70. The molecule has 4 amide bonds. The number of benzene rings is 2. The zero-order valence-electron chi connectivity index (χ0n) is 34.6. The van der Waals surface area contributed by atoms with Crippen molar-refractivity contribution >= 4 is 56.6 Å². The van der Waals surface area contributed by atoms with Gasteiger partial charge < -0.3 is 25.0 Å². The van der Waals surface area contributed by atoms with Crippen LogP contribution in [0.2, 0.25) is 0 Å². The number of piperazine rings is 1. The molecule has 3 N–H and O–H groups in total. The molecule has 3 aliphatic heterocycles. The highest BCUT2D eigenvalue weighted by Crippen LogP contribution is 2.31. The van der Waals surface area contributed by atoms with Gasteiger partial charge in [-0.1, -0.05) is 49.4 Å². The Morgan fingerprint density at radius 1 is 0.933 bits per heavy atom. The summed E-state index contributed by atoms with van der Waals surface area (Å²) < 4.78 is 5.22. The number of hydrogen-bond donors (Lipinski definition) is 3. The Hall–Kier alpha value is -6.01. The van der Waals surface area contributed by atoms with Gasteiger partial charge in [0, 0.05) is 87.2 Å². The SMILES string of the molecule is Cc1cc(-c2cc(Nc3nnc(N4CCN(CC5CCN(c6ccc(N7CCC(=O)NC7=O)cc6)CC5)CC4)s3)ncn2)ccc1[C@@H](C)NC(=O)c1nc(C(C)(C)C)no1. The minimum absolute atomic E-state index is 0.0539. The summed E-state index contributed by atoms with van der Waals surface area (Å²) in [6, 6.07) is 15.4. The molecule has 17 nitrogen and oxygen atoms in total. The first-order chi connectivity index (χ1) is 28.9. The molecule has 2 aromatic carbocycles. The molecule has 6 heterocycles. The highest BCUT2D eigenvalue weighted by molar-refractivity contribution is 7.19. The van der Waals surface area contributed by atoms with Crippen LogP contribution in [-0.4, -0.2) is 105 Å². The fraction of sp³-hybridized carbons (Fsp3) is 0.452. The van der Waals surface area contributed by atoms with Crippen LogP contribution in [0.3, 0.4) is 0 Å². The van der Waals surface area contributed by atoms with Gasteiger partial charge in [-0.2, -0.15) is 4.98 Å². The Balaban J connectivity index is 0.788. The molecule has 3 aromatic heterocycles. The number of aryl methyl sites for hydroxylation is 1. The monoisotopic (exact) mass is 833 g/mol. The Morgan fingerprint density at radius 3 is 2.38 bits per heavy atom. The first-order valence-corrected chi connectivity index (χ1v) is 21.3. The Kier molecular flexibility index (Phi) is 11.8. The standard InChI is InChI=1S/C42H51N13O4S/c1-26-22-29(6-11-32(26)27(2)45-36(57)37-48-38(51-59-37)42(3,4)5)33-23-34(44-25-43-33)46-39-49-50-41(60-39)54-20-18-52(19-21-54)24-28-12-15-53(16-13-28)30-7-9-31(10-8-30)55-17-14-35(56)47-40(55)58/h6-11,22-23,25,27-28H,12-21,24H2,1-5H3,(H,45,57)(H,47,56,58)(H,43,44,46,49)/t27-/m1/s1. The minimum atomic E-state index is -0.416. The number of carbonyl (C=O) groups excluding carboxylic acids is 3. The van der Waals surface area contributed by atoms with Crippen LogP contribution in [0.1, 0.15) is 80.6 Å². The Morgan fingerprint density at radius 2 is 1.68 bits per heavy atom. The smallest absolute Gasteiger partial charge is 0.328 e. The third kappa shape index (κ3) is 9.39. The predicted molar refractivity (Wildman–Crippen MR) is 230 cm³/mol. The number of aromatic nitrogens is 6. The Bertz CT molecular complexity index is 2330. The molecular formula is C42H51N13O4S. The van der Waals surface area contributed by atoms with Crippen molar-refractivity contribution in [3.8, 4) is 11.3 Å². The molecule has 0 aliphatic carbocycles. The lowest BCUT2D eigenvalue weighted by molar-refractivity contribution is -0.120. The second-order valence-electron chi connectivity index (χ2n) is 16.7. The molecule has 8 rings (SSSR count). The quantitative estimate of drug-likeness (QED) is 0.147. The average Bonchev–Trinajstić information content (AvgIpc) is 3.93. The van der Waals surface area contributed by atoms with Crippen molar-refractivity contribution in [1.82, 2.24) is 45.8 Å². The second-order valence-corrected chi connectivity index (χ2v) is 17.7. The molecule has 0 bridgehead atoms. The first kappa shape index (κ1) is 40.8. The molecule has 0 spiro atoms. The van der Waals surface area contributed by atoms with E-state index in [-0.39, 0.29) is 29.3 Å². The molecule has 60 heavy (non-hydrogen) atoms. The third-order valence-corrected chi connectivity index (χ3v) is 12.2. The van der Waals surface area contributed by atoms with Crippen molar-refractivity contribution in [3.63, 3.8) is 0 Å². The first-order valence-electron chi connectivity index (χ1n) is 20.5. The van der Waals surface area contributed by atoms with Crippen LogP contribution in [-0.2, 0) is 10.2 Å². The van der Waals surface area contributed by atoms with E-state index in [1.165, 1.54) is 23.4 Å². The maximum atomic E-state index is 12.9. The number of piperidine rings is 1. The maximum absolute atomic E-state index is 12.9. The zero-order chi connectivity index (χ0) is 42.0. The van der Waals surface area contributed by atoms with Gasteiger partial charge in [-0.15, -0.1) is 10.2 Å². The number of carbonyl (C=O) groups is 3. The molecule has 3 aliphatic rings. The molecule has 3 fully saturated rings. The topological polar surface area (TPSA) is 191 Å². The van der Waals surface area contributed by atoms with Crippen LogP contribution in [0.25, 0.3) is 11.3 Å². The largest absolute Gasteiger partial charge is 0.372 e. The van der Waals surface area contributed by atoms with Gasteiger partial charge in [0.25, 0.3) is 0 Å². The summed E-state index contributed by atoms with van der Waals surface area (Å²) in [5.41, 5.74) is 5.29. The summed E-state index contributed by atoms with van der Waals surface area (Å²) >= 11 is 1.52. The molecule has 1 atom stereocenters. The van der Waals surface area contributed by atoms with Crippen molar-refractivity contribution in [2.45, 2.75) is 65.3 Å². The summed E-state index contributed by atoms with van der Waals surface area (Å²) in [6.07, 6.45) is 4.13. The number of urea groups is 1. The number of rotatable bonds is 11. The summed E-state index contributed by atoms with van der Waals surface area (Å²) in [5.74, 6) is 1.07. The molecule has 0 unspecified atom stereocenters. The molecule has 18 heteroatoms. The summed E-state index contributed by atoms with van der Waals surface area (Å²) in [6.45, 7) is 17.1. The van der Waals surface area contributed by atoms with E-state index in [2.05, 4.69) is 73.1 Å². The van der Waals surface area contributed by atoms with Gasteiger partial charge in [0.1, 0.15) is 12.1 Å². The summed E-state index contributed by atoms with van der Waals surface area (Å²) in [4.78, 5) is 58.8. The van der Waals surface area contributed by atoms with Crippen molar-refractivity contribution in [1.29, 1.82) is 0 Å². The second kappa shape index (κ2) is 17.3. The minimum Gasteiger partial charge on any atom is -0.372 e. The number of imide groups is 1. The lowest BCUT2D eigenvalue weighted by atomic mass is 9.95. The van der Waals surface area contributed by atoms with Crippen LogP contribution in [0.5, 0.6) is 0 Å². The molecule has 0 radical (unpaired) electrons. The highest BCUT2D eigenvalue weighted by atomic mass is 32.1. The van der Waals surface area contributed by atoms with Gasteiger partial charge >= 0.3 is 17.8 Å². The molecule has 5 aromatic rings. The van der Waals surface area contributed by atoms with E-state index in [4.69, 9.17) is 4.52 Å². The molecule has 0 saturated carbocycles. The summed E-state index contributed by atoms with van der Waals surface area (Å²) in [7, 11) is 0.